The molecule has 0 aliphatic heterocycles. The first-order valence-corrected chi connectivity index (χ1v) is 9.40. The molecule has 4 heteroatoms. The first-order valence-electron chi connectivity index (χ1n) is 8.20. The highest BCUT2D eigenvalue weighted by Crippen LogP contribution is 2.37. The van der Waals surface area contributed by atoms with Crippen LogP contribution in [-0.4, -0.2) is 30.1 Å². The van der Waals surface area contributed by atoms with E-state index in [0.717, 1.165) is 24.4 Å². The zero-order chi connectivity index (χ0) is 17.1. The molecule has 3 aromatic rings. The monoisotopic (exact) mass is 358 g/mol. The Morgan fingerprint density at radius 1 is 1.04 bits per heavy atom. The van der Waals surface area contributed by atoms with Crippen LogP contribution in [-0.2, 0) is 13.5 Å². The van der Waals surface area contributed by atoms with E-state index >= 15 is 0 Å². The molecule has 0 saturated heterocycles. The molecule has 2 nitrogen and oxygen atoms in total. The highest BCUT2D eigenvalue weighted by atomic mass is 35.5. The average molecular weight is 359 g/mol. The van der Waals surface area contributed by atoms with Gasteiger partial charge in [-0.3, -0.25) is 0 Å². The molecule has 0 bridgehead atoms. The van der Waals surface area contributed by atoms with E-state index in [4.69, 9.17) is 11.6 Å². The summed E-state index contributed by atoms with van der Waals surface area (Å²) in [5.41, 5.74) is 2.75. The Hall–Kier alpha value is -1.42. The number of aromatic nitrogens is 1. The van der Waals surface area contributed by atoms with Gasteiger partial charge in [0.2, 0.25) is 0 Å². The van der Waals surface area contributed by atoms with Gasteiger partial charge in [-0.25, -0.2) is 0 Å². The van der Waals surface area contributed by atoms with Crippen LogP contribution in [0, 0.1) is 0 Å². The fourth-order valence-corrected chi connectivity index (χ4v) is 4.20. The number of fused-ring (bicyclic) bond motifs is 1. The van der Waals surface area contributed by atoms with E-state index in [1.807, 2.05) is 23.9 Å². The van der Waals surface area contributed by atoms with Gasteiger partial charge in [0.05, 0.1) is 5.03 Å². The third-order valence-corrected chi connectivity index (χ3v) is 5.69. The molecule has 2 aromatic carbocycles. The van der Waals surface area contributed by atoms with E-state index in [1.165, 1.54) is 26.4 Å². The minimum Gasteiger partial charge on any atom is -0.338 e. The summed E-state index contributed by atoms with van der Waals surface area (Å²) in [5, 5.41) is 3.48. The minimum absolute atomic E-state index is 0.780. The number of hydrogen-bond acceptors (Lipinski definition) is 2. The summed E-state index contributed by atoms with van der Waals surface area (Å²) in [5.74, 6) is 0. The van der Waals surface area contributed by atoms with Crippen LogP contribution in [0.3, 0.4) is 0 Å². The second-order valence-electron chi connectivity index (χ2n) is 6.32. The number of nitrogens with zero attached hydrogens (tertiary/aromatic N) is 2. The lowest BCUT2D eigenvalue weighted by atomic mass is 10.1. The van der Waals surface area contributed by atoms with E-state index in [1.54, 1.807) is 0 Å². The lowest BCUT2D eigenvalue weighted by Crippen LogP contribution is -2.13. The third-order valence-electron chi connectivity index (χ3n) is 4.21. The normalized spacial score (nSPS) is 11.5. The smallest absolute Gasteiger partial charge is 0.0837 e. The number of hydrogen-bond donors (Lipinski definition) is 0. The number of benzene rings is 2. The van der Waals surface area contributed by atoms with Gasteiger partial charge in [-0.15, -0.1) is 0 Å². The molecule has 1 heterocycles. The molecule has 0 saturated carbocycles. The predicted octanol–water partition coefficient (Wildman–Crippen LogP) is 5.48. The summed E-state index contributed by atoms with van der Waals surface area (Å²) < 4.78 is 2.32. The van der Waals surface area contributed by atoms with E-state index < -0.39 is 0 Å². The standard InChI is InChI=1S/C20H23ClN2S/c1-22(2)14-6-8-18-17-7-4-5-9-19(17)23(3)20(18)24-16-12-10-15(21)11-13-16/h4-5,7,9-13H,6,8,14H2,1-3H3. The van der Waals surface area contributed by atoms with Gasteiger partial charge >= 0.3 is 0 Å². The maximum absolute atomic E-state index is 6.02. The maximum atomic E-state index is 6.02. The molecule has 0 N–H and O–H groups in total. The summed E-state index contributed by atoms with van der Waals surface area (Å²) in [6, 6.07) is 16.8. The largest absolute Gasteiger partial charge is 0.338 e. The van der Waals surface area contributed by atoms with Gasteiger partial charge in [0, 0.05) is 27.9 Å². The summed E-state index contributed by atoms with van der Waals surface area (Å²) in [4.78, 5) is 3.47. The van der Waals surface area contributed by atoms with Crippen LogP contribution in [0.2, 0.25) is 5.02 Å². The van der Waals surface area contributed by atoms with E-state index in [0.29, 0.717) is 0 Å². The Morgan fingerprint density at radius 2 is 1.75 bits per heavy atom. The second-order valence-corrected chi connectivity index (χ2v) is 7.82. The lowest BCUT2D eigenvalue weighted by Gasteiger charge is -2.11. The van der Waals surface area contributed by atoms with Crippen LogP contribution in [0.4, 0.5) is 0 Å². The van der Waals surface area contributed by atoms with Crippen molar-refractivity contribution >= 4 is 34.3 Å². The second kappa shape index (κ2) is 7.64. The summed E-state index contributed by atoms with van der Waals surface area (Å²) in [6.07, 6.45) is 2.25. The minimum atomic E-state index is 0.780. The Balaban J connectivity index is 1.97. The van der Waals surface area contributed by atoms with E-state index in [9.17, 15) is 0 Å². The molecule has 0 unspecified atom stereocenters. The van der Waals surface area contributed by atoms with Crippen LogP contribution in [0.1, 0.15) is 12.0 Å². The Kier molecular flexibility index (Phi) is 5.54. The molecule has 0 radical (unpaired) electrons. The topological polar surface area (TPSA) is 8.17 Å². The SMILES string of the molecule is CN(C)CCCc1c(Sc2ccc(Cl)cc2)n(C)c2ccccc12. The molecule has 1 aromatic heterocycles. The van der Waals surface area contributed by atoms with Crippen LogP contribution in [0.15, 0.2) is 58.5 Å². The van der Waals surface area contributed by atoms with Crippen LogP contribution >= 0.6 is 23.4 Å². The quantitative estimate of drug-likeness (QED) is 0.576. The molecule has 3 rings (SSSR count). The number of rotatable bonds is 6. The van der Waals surface area contributed by atoms with Gasteiger partial charge in [0.15, 0.2) is 0 Å². The lowest BCUT2D eigenvalue weighted by molar-refractivity contribution is 0.400. The van der Waals surface area contributed by atoms with Crippen molar-refractivity contribution in [1.29, 1.82) is 0 Å². The van der Waals surface area contributed by atoms with Crippen molar-refractivity contribution in [3.05, 3.63) is 59.1 Å². The van der Waals surface area contributed by atoms with Crippen LogP contribution < -0.4 is 0 Å². The number of para-hydroxylation sites is 1. The fraction of sp³-hybridized carbons (Fsp3) is 0.300. The van der Waals surface area contributed by atoms with E-state index in [-0.39, 0.29) is 0 Å². The van der Waals surface area contributed by atoms with E-state index in [2.05, 4.69) is 67.0 Å². The van der Waals surface area contributed by atoms with Crippen LogP contribution in [0.25, 0.3) is 10.9 Å². The van der Waals surface area contributed by atoms with Crippen molar-refractivity contribution in [3.8, 4) is 0 Å². The molecule has 126 valence electrons. The molecule has 24 heavy (non-hydrogen) atoms. The van der Waals surface area contributed by atoms with Crippen molar-refractivity contribution in [2.75, 3.05) is 20.6 Å². The summed E-state index contributed by atoms with van der Waals surface area (Å²) in [6.45, 7) is 1.11. The summed E-state index contributed by atoms with van der Waals surface area (Å²) >= 11 is 7.85. The Labute approximate surface area is 153 Å². The van der Waals surface area contributed by atoms with Crippen molar-refractivity contribution in [2.24, 2.45) is 7.05 Å². The summed E-state index contributed by atoms with van der Waals surface area (Å²) in [7, 11) is 6.43. The van der Waals surface area contributed by atoms with Crippen molar-refractivity contribution in [2.45, 2.75) is 22.8 Å². The van der Waals surface area contributed by atoms with Gasteiger partial charge in [-0.05, 0) is 69.4 Å². The van der Waals surface area contributed by atoms with Gasteiger partial charge in [0.25, 0.3) is 0 Å². The Morgan fingerprint density at radius 3 is 2.46 bits per heavy atom. The molecule has 0 fully saturated rings. The third kappa shape index (κ3) is 3.80. The zero-order valence-electron chi connectivity index (χ0n) is 14.4. The molecule has 0 spiro atoms. The average Bonchev–Trinajstić information content (AvgIpc) is 2.83. The van der Waals surface area contributed by atoms with Crippen molar-refractivity contribution in [1.82, 2.24) is 9.47 Å². The first kappa shape index (κ1) is 17.4. The highest BCUT2D eigenvalue weighted by molar-refractivity contribution is 7.99. The number of aryl methyl sites for hydroxylation is 2. The Bertz CT molecular complexity index is 822. The first-order chi connectivity index (χ1) is 11.6. The highest BCUT2D eigenvalue weighted by Gasteiger charge is 2.15. The fourth-order valence-electron chi connectivity index (χ4n) is 3.01. The molecule has 0 atom stereocenters. The van der Waals surface area contributed by atoms with Gasteiger partial charge in [-0.2, -0.15) is 0 Å². The molecule has 0 aliphatic rings. The molecular formula is C20H23ClN2S. The maximum Gasteiger partial charge on any atom is 0.0837 e. The molecule has 0 amide bonds. The molecule has 0 aliphatic carbocycles. The number of halogens is 1. The predicted molar refractivity (Wildman–Crippen MR) is 105 cm³/mol. The molecular weight excluding hydrogens is 336 g/mol. The zero-order valence-corrected chi connectivity index (χ0v) is 16.0. The van der Waals surface area contributed by atoms with Crippen molar-refractivity contribution in [3.63, 3.8) is 0 Å². The van der Waals surface area contributed by atoms with Gasteiger partial charge in [-0.1, -0.05) is 41.6 Å². The van der Waals surface area contributed by atoms with Gasteiger partial charge in [0.1, 0.15) is 0 Å². The van der Waals surface area contributed by atoms with Crippen LogP contribution in [0.5, 0.6) is 0 Å². The van der Waals surface area contributed by atoms with Crippen molar-refractivity contribution < 1.29 is 0 Å². The van der Waals surface area contributed by atoms with Gasteiger partial charge < -0.3 is 9.47 Å².